The SMILES string of the molecule is CCCCCCCCCC(CC)CNC(C)(C)C. The largest absolute Gasteiger partial charge is 0.312 e. The molecule has 0 spiro atoms. The lowest BCUT2D eigenvalue weighted by Gasteiger charge is -2.24. The molecule has 110 valence electrons. The van der Waals surface area contributed by atoms with E-state index in [1.807, 2.05) is 0 Å². The van der Waals surface area contributed by atoms with Gasteiger partial charge in [-0.2, -0.15) is 0 Å². The van der Waals surface area contributed by atoms with Crippen molar-refractivity contribution in [2.24, 2.45) is 5.92 Å². The van der Waals surface area contributed by atoms with Crippen molar-refractivity contribution in [2.45, 2.75) is 97.9 Å². The maximum Gasteiger partial charge on any atom is 0.00966 e. The van der Waals surface area contributed by atoms with Crippen LogP contribution >= 0.6 is 0 Å². The van der Waals surface area contributed by atoms with Gasteiger partial charge in [0.2, 0.25) is 0 Å². The highest BCUT2D eigenvalue weighted by Gasteiger charge is 2.12. The number of rotatable bonds is 11. The van der Waals surface area contributed by atoms with Crippen LogP contribution in [0.15, 0.2) is 0 Å². The third-order valence-corrected chi connectivity index (χ3v) is 3.71. The third-order valence-electron chi connectivity index (χ3n) is 3.71. The van der Waals surface area contributed by atoms with Gasteiger partial charge in [0.25, 0.3) is 0 Å². The zero-order valence-corrected chi connectivity index (χ0v) is 13.6. The molecule has 0 bridgehead atoms. The van der Waals surface area contributed by atoms with E-state index in [-0.39, 0.29) is 5.54 Å². The van der Waals surface area contributed by atoms with Crippen LogP contribution in [0, 0.1) is 5.92 Å². The minimum absolute atomic E-state index is 0.271. The maximum atomic E-state index is 3.64. The van der Waals surface area contributed by atoms with E-state index in [4.69, 9.17) is 0 Å². The lowest BCUT2D eigenvalue weighted by molar-refractivity contribution is 0.344. The number of hydrogen-bond donors (Lipinski definition) is 1. The van der Waals surface area contributed by atoms with Crippen LogP contribution in [0.3, 0.4) is 0 Å². The molecule has 0 aliphatic heterocycles. The molecule has 18 heavy (non-hydrogen) atoms. The van der Waals surface area contributed by atoms with Crippen molar-refractivity contribution in [3.05, 3.63) is 0 Å². The molecular weight excluding hydrogens is 218 g/mol. The van der Waals surface area contributed by atoms with Crippen molar-refractivity contribution < 1.29 is 0 Å². The first-order chi connectivity index (χ1) is 8.49. The number of hydrogen-bond acceptors (Lipinski definition) is 1. The minimum atomic E-state index is 0.271. The second-order valence-corrected chi connectivity index (χ2v) is 6.82. The summed E-state index contributed by atoms with van der Waals surface area (Å²) in [5.41, 5.74) is 0.271. The van der Waals surface area contributed by atoms with Crippen LogP contribution in [0.2, 0.25) is 0 Å². The second kappa shape index (κ2) is 10.8. The summed E-state index contributed by atoms with van der Waals surface area (Å²) in [7, 11) is 0. The molecule has 0 heterocycles. The van der Waals surface area contributed by atoms with Crippen molar-refractivity contribution in [1.29, 1.82) is 0 Å². The molecule has 1 nitrogen and oxygen atoms in total. The molecule has 0 aliphatic rings. The standard InChI is InChI=1S/C17H37N/c1-6-8-9-10-11-12-13-14-16(7-2)15-18-17(3,4)5/h16,18H,6-15H2,1-5H3. The highest BCUT2D eigenvalue weighted by molar-refractivity contribution is 4.72. The zero-order valence-electron chi connectivity index (χ0n) is 13.6. The van der Waals surface area contributed by atoms with E-state index in [0.717, 1.165) is 5.92 Å². The van der Waals surface area contributed by atoms with Crippen LogP contribution in [0.5, 0.6) is 0 Å². The van der Waals surface area contributed by atoms with E-state index in [1.54, 1.807) is 0 Å². The van der Waals surface area contributed by atoms with Gasteiger partial charge in [0.1, 0.15) is 0 Å². The lowest BCUT2D eigenvalue weighted by atomic mass is 9.96. The van der Waals surface area contributed by atoms with Gasteiger partial charge in [0, 0.05) is 5.54 Å². The van der Waals surface area contributed by atoms with Crippen molar-refractivity contribution in [3.8, 4) is 0 Å². The third kappa shape index (κ3) is 12.4. The summed E-state index contributed by atoms with van der Waals surface area (Å²) >= 11 is 0. The fraction of sp³-hybridized carbons (Fsp3) is 1.00. The maximum absolute atomic E-state index is 3.64. The van der Waals surface area contributed by atoms with Gasteiger partial charge < -0.3 is 5.32 Å². The molecule has 0 aromatic rings. The smallest absolute Gasteiger partial charge is 0.00966 e. The molecule has 0 aromatic carbocycles. The normalized spacial score (nSPS) is 13.8. The number of nitrogens with one attached hydrogen (secondary N) is 1. The first-order valence-electron chi connectivity index (χ1n) is 8.24. The summed E-state index contributed by atoms with van der Waals surface area (Å²) in [6.45, 7) is 12.6. The summed E-state index contributed by atoms with van der Waals surface area (Å²) < 4.78 is 0. The van der Waals surface area contributed by atoms with Crippen LogP contribution in [0.4, 0.5) is 0 Å². The Labute approximate surface area is 116 Å². The monoisotopic (exact) mass is 255 g/mol. The summed E-state index contributed by atoms with van der Waals surface area (Å²) in [5, 5.41) is 3.64. The van der Waals surface area contributed by atoms with E-state index in [9.17, 15) is 0 Å². The van der Waals surface area contributed by atoms with E-state index in [2.05, 4.69) is 39.9 Å². The molecule has 0 saturated heterocycles. The van der Waals surface area contributed by atoms with Crippen molar-refractivity contribution in [3.63, 3.8) is 0 Å². The molecule has 0 aliphatic carbocycles. The minimum Gasteiger partial charge on any atom is -0.312 e. The van der Waals surface area contributed by atoms with Crippen LogP contribution in [0.1, 0.15) is 92.4 Å². The summed E-state index contributed by atoms with van der Waals surface area (Å²) in [6, 6.07) is 0. The lowest BCUT2D eigenvalue weighted by Crippen LogP contribution is -2.39. The Bertz CT molecular complexity index is 169. The Morgan fingerprint density at radius 3 is 1.89 bits per heavy atom. The van der Waals surface area contributed by atoms with E-state index < -0.39 is 0 Å². The summed E-state index contributed by atoms with van der Waals surface area (Å²) in [5.74, 6) is 0.875. The Kier molecular flexibility index (Phi) is 10.8. The van der Waals surface area contributed by atoms with E-state index in [0.29, 0.717) is 0 Å². The molecule has 0 amide bonds. The van der Waals surface area contributed by atoms with Gasteiger partial charge in [-0.05, 0) is 39.7 Å². The summed E-state index contributed by atoms with van der Waals surface area (Å²) in [6.07, 6.45) is 12.7. The molecule has 1 N–H and O–H groups in total. The van der Waals surface area contributed by atoms with Crippen molar-refractivity contribution in [1.82, 2.24) is 5.32 Å². The Balaban J connectivity index is 3.44. The van der Waals surface area contributed by atoms with Crippen LogP contribution in [-0.2, 0) is 0 Å². The molecule has 1 atom stereocenters. The number of unbranched alkanes of at least 4 members (excludes halogenated alkanes) is 6. The first-order valence-corrected chi connectivity index (χ1v) is 8.24. The van der Waals surface area contributed by atoms with Crippen LogP contribution < -0.4 is 5.32 Å². The molecule has 0 fully saturated rings. The van der Waals surface area contributed by atoms with Gasteiger partial charge in [0.15, 0.2) is 0 Å². The topological polar surface area (TPSA) is 12.0 Å². The predicted octanol–water partition coefficient (Wildman–Crippen LogP) is 5.54. The average Bonchev–Trinajstić information content (AvgIpc) is 2.30. The molecule has 0 saturated carbocycles. The van der Waals surface area contributed by atoms with Gasteiger partial charge >= 0.3 is 0 Å². The van der Waals surface area contributed by atoms with E-state index in [1.165, 1.54) is 64.3 Å². The van der Waals surface area contributed by atoms with Crippen LogP contribution in [0.25, 0.3) is 0 Å². The summed E-state index contributed by atoms with van der Waals surface area (Å²) in [4.78, 5) is 0. The molecule has 0 rings (SSSR count). The van der Waals surface area contributed by atoms with Gasteiger partial charge in [-0.1, -0.05) is 65.2 Å². The fourth-order valence-electron chi connectivity index (χ4n) is 2.29. The molecular formula is C17H37N. The Morgan fingerprint density at radius 2 is 1.39 bits per heavy atom. The van der Waals surface area contributed by atoms with Gasteiger partial charge in [-0.3, -0.25) is 0 Å². The average molecular weight is 255 g/mol. The predicted molar refractivity (Wildman–Crippen MR) is 84.1 cm³/mol. The van der Waals surface area contributed by atoms with Crippen LogP contribution in [-0.4, -0.2) is 12.1 Å². The molecule has 0 radical (unpaired) electrons. The molecule has 0 aromatic heterocycles. The highest BCUT2D eigenvalue weighted by Crippen LogP contribution is 2.15. The van der Waals surface area contributed by atoms with Gasteiger partial charge in [-0.15, -0.1) is 0 Å². The Morgan fingerprint density at radius 1 is 0.833 bits per heavy atom. The molecule has 1 heteroatoms. The van der Waals surface area contributed by atoms with E-state index >= 15 is 0 Å². The van der Waals surface area contributed by atoms with Gasteiger partial charge in [-0.25, -0.2) is 0 Å². The van der Waals surface area contributed by atoms with Crippen molar-refractivity contribution >= 4 is 0 Å². The first kappa shape index (κ1) is 18.0. The zero-order chi connectivity index (χ0) is 13.9. The van der Waals surface area contributed by atoms with Crippen molar-refractivity contribution in [2.75, 3.05) is 6.54 Å². The van der Waals surface area contributed by atoms with Gasteiger partial charge in [0.05, 0.1) is 0 Å². The Hall–Kier alpha value is -0.0400. The second-order valence-electron chi connectivity index (χ2n) is 6.82. The fourth-order valence-corrected chi connectivity index (χ4v) is 2.29. The highest BCUT2D eigenvalue weighted by atomic mass is 14.9. The molecule has 1 unspecified atom stereocenters. The quantitative estimate of drug-likeness (QED) is 0.478.